The molecule has 0 saturated carbocycles. The van der Waals surface area contributed by atoms with Crippen LogP contribution in [0.4, 0.5) is 0 Å². The van der Waals surface area contributed by atoms with Crippen molar-refractivity contribution >= 4 is 22.9 Å². The van der Waals surface area contributed by atoms with Gasteiger partial charge in [0.2, 0.25) is 0 Å². The van der Waals surface area contributed by atoms with Gasteiger partial charge >= 0.3 is 0 Å². The van der Waals surface area contributed by atoms with Gasteiger partial charge in [-0.05, 0) is 31.5 Å². The summed E-state index contributed by atoms with van der Waals surface area (Å²) >= 11 is 7.53. The van der Waals surface area contributed by atoms with Crippen molar-refractivity contribution in [1.29, 1.82) is 0 Å². The lowest BCUT2D eigenvalue weighted by molar-refractivity contribution is 0.0567. The second-order valence-electron chi connectivity index (χ2n) is 4.32. The van der Waals surface area contributed by atoms with Gasteiger partial charge in [-0.1, -0.05) is 23.7 Å². The molecule has 0 fully saturated rings. The predicted octanol–water partition coefficient (Wildman–Crippen LogP) is 3.56. The van der Waals surface area contributed by atoms with E-state index < -0.39 is 5.60 Å². The Hall–Kier alpha value is -0.900. The summed E-state index contributed by atoms with van der Waals surface area (Å²) in [4.78, 5) is 4.37. The zero-order valence-electron chi connectivity index (χ0n) is 9.77. The highest BCUT2D eigenvalue weighted by Gasteiger charge is 2.24. The van der Waals surface area contributed by atoms with Crippen LogP contribution in [0.15, 0.2) is 29.6 Å². The van der Waals surface area contributed by atoms with Crippen LogP contribution in [0.2, 0.25) is 5.02 Å². The van der Waals surface area contributed by atoms with Crippen LogP contribution >= 0.6 is 22.9 Å². The topological polar surface area (TPSA) is 33.1 Å². The number of aromatic nitrogens is 1. The normalized spacial score (nSPS) is 14.6. The Balaban J connectivity index is 2.24. The molecule has 17 heavy (non-hydrogen) atoms. The summed E-state index contributed by atoms with van der Waals surface area (Å²) in [5.41, 5.74) is 0.791. The van der Waals surface area contributed by atoms with Gasteiger partial charge in [-0.25, -0.2) is 4.98 Å². The third-order valence-electron chi connectivity index (χ3n) is 2.64. The van der Waals surface area contributed by atoms with Gasteiger partial charge in [0.15, 0.2) is 0 Å². The van der Waals surface area contributed by atoms with Gasteiger partial charge in [-0.3, -0.25) is 0 Å². The second-order valence-corrected chi connectivity index (χ2v) is 5.82. The third kappa shape index (κ3) is 3.06. The van der Waals surface area contributed by atoms with Crippen LogP contribution in [0.5, 0.6) is 0 Å². The number of halogens is 1. The van der Waals surface area contributed by atoms with Gasteiger partial charge in [-0.15, -0.1) is 11.3 Å². The molecule has 1 atom stereocenters. The van der Waals surface area contributed by atoms with E-state index in [9.17, 15) is 5.11 Å². The molecule has 0 amide bonds. The Bertz CT molecular complexity index is 522. The Morgan fingerprint density at radius 2 is 2.24 bits per heavy atom. The Labute approximate surface area is 110 Å². The van der Waals surface area contributed by atoms with Gasteiger partial charge in [-0.2, -0.15) is 0 Å². The average molecular weight is 268 g/mol. The first kappa shape index (κ1) is 12.6. The number of benzene rings is 1. The molecule has 1 N–H and O–H groups in total. The highest BCUT2D eigenvalue weighted by atomic mass is 35.5. The Kier molecular flexibility index (Phi) is 3.52. The van der Waals surface area contributed by atoms with E-state index in [0.29, 0.717) is 11.4 Å². The SMILES string of the molecule is Cc1nc(CC(C)(O)c2cccc(Cl)c2)cs1. The first-order valence-corrected chi connectivity index (χ1v) is 6.62. The highest BCUT2D eigenvalue weighted by Crippen LogP contribution is 2.27. The van der Waals surface area contributed by atoms with Crippen molar-refractivity contribution < 1.29 is 5.11 Å². The van der Waals surface area contributed by atoms with E-state index in [1.807, 2.05) is 24.4 Å². The summed E-state index contributed by atoms with van der Waals surface area (Å²) in [6.45, 7) is 3.75. The van der Waals surface area contributed by atoms with E-state index in [1.54, 1.807) is 30.4 Å². The molecule has 1 aromatic heterocycles. The van der Waals surface area contributed by atoms with Crippen LogP contribution in [0.3, 0.4) is 0 Å². The monoisotopic (exact) mass is 267 g/mol. The number of aryl methyl sites for hydroxylation is 1. The number of nitrogens with zero attached hydrogens (tertiary/aromatic N) is 1. The van der Waals surface area contributed by atoms with Crippen LogP contribution in [-0.4, -0.2) is 10.1 Å². The van der Waals surface area contributed by atoms with Crippen LogP contribution in [0.1, 0.15) is 23.2 Å². The van der Waals surface area contributed by atoms with Crippen LogP contribution < -0.4 is 0 Å². The second kappa shape index (κ2) is 4.77. The summed E-state index contributed by atoms with van der Waals surface area (Å²) in [5.74, 6) is 0. The molecule has 2 nitrogen and oxygen atoms in total. The fraction of sp³-hybridized carbons (Fsp3) is 0.308. The largest absolute Gasteiger partial charge is 0.385 e. The molecule has 0 radical (unpaired) electrons. The molecule has 0 bridgehead atoms. The molecule has 0 aliphatic rings. The van der Waals surface area contributed by atoms with E-state index in [0.717, 1.165) is 16.3 Å². The molecule has 4 heteroatoms. The minimum atomic E-state index is -0.939. The summed E-state index contributed by atoms with van der Waals surface area (Å²) < 4.78 is 0. The molecule has 2 aromatic rings. The maximum absolute atomic E-state index is 10.5. The highest BCUT2D eigenvalue weighted by molar-refractivity contribution is 7.09. The lowest BCUT2D eigenvalue weighted by Gasteiger charge is -2.23. The minimum Gasteiger partial charge on any atom is -0.385 e. The average Bonchev–Trinajstić information content (AvgIpc) is 2.63. The Morgan fingerprint density at radius 3 is 2.82 bits per heavy atom. The van der Waals surface area contributed by atoms with E-state index in [2.05, 4.69) is 4.98 Å². The Morgan fingerprint density at radius 1 is 1.47 bits per heavy atom. The summed E-state index contributed by atoms with van der Waals surface area (Å²) in [5, 5.41) is 14.1. The van der Waals surface area contributed by atoms with Gasteiger partial charge in [0, 0.05) is 16.8 Å². The maximum atomic E-state index is 10.5. The fourth-order valence-electron chi connectivity index (χ4n) is 1.77. The predicted molar refractivity (Wildman–Crippen MR) is 71.6 cm³/mol. The van der Waals surface area contributed by atoms with Crippen LogP contribution in [0, 0.1) is 6.92 Å². The molecule has 1 aromatic carbocycles. The van der Waals surface area contributed by atoms with Crippen molar-refractivity contribution in [3.05, 3.63) is 50.9 Å². The molecule has 0 aliphatic carbocycles. The van der Waals surface area contributed by atoms with E-state index in [-0.39, 0.29) is 0 Å². The third-order valence-corrected chi connectivity index (χ3v) is 3.70. The number of hydrogen-bond donors (Lipinski definition) is 1. The fourth-order valence-corrected chi connectivity index (χ4v) is 2.57. The van der Waals surface area contributed by atoms with Crippen molar-refractivity contribution in [2.24, 2.45) is 0 Å². The molecule has 90 valence electrons. The van der Waals surface area contributed by atoms with Crippen molar-refractivity contribution in [2.75, 3.05) is 0 Å². The number of aliphatic hydroxyl groups is 1. The lowest BCUT2D eigenvalue weighted by atomic mass is 9.91. The van der Waals surface area contributed by atoms with Crippen LogP contribution in [-0.2, 0) is 12.0 Å². The zero-order chi connectivity index (χ0) is 12.5. The molecule has 0 saturated heterocycles. The van der Waals surface area contributed by atoms with Gasteiger partial charge in [0.1, 0.15) is 0 Å². The molecular formula is C13H14ClNOS. The molecule has 0 spiro atoms. The number of thiazole rings is 1. The smallest absolute Gasteiger partial charge is 0.0924 e. The molecule has 2 rings (SSSR count). The summed E-state index contributed by atoms with van der Waals surface area (Å²) in [6, 6.07) is 7.32. The standard InChI is InChI=1S/C13H14ClNOS/c1-9-15-12(8-17-9)7-13(2,16)10-4-3-5-11(14)6-10/h3-6,8,16H,7H2,1-2H3. The lowest BCUT2D eigenvalue weighted by Crippen LogP contribution is -2.24. The van der Waals surface area contributed by atoms with Gasteiger partial charge in [0.05, 0.1) is 16.3 Å². The summed E-state index contributed by atoms with van der Waals surface area (Å²) in [6.07, 6.45) is 0.498. The van der Waals surface area contributed by atoms with Gasteiger partial charge in [0.25, 0.3) is 0 Å². The zero-order valence-corrected chi connectivity index (χ0v) is 11.3. The van der Waals surface area contributed by atoms with Crippen molar-refractivity contribution in [2.45, 2.75) is 25.9 Å². The number of rotatable bonds is 3. The van der Waals surface area contributed by atoms with Crippen LogP contribution in [0.25, 0.3) is 0 Å². The summed E-state index contributed by atoms with van der Waals surface area (Å²) in [7, 11) is 0. The maximum Gasteiger partial charge on any atom is 0.0924 e. The van der Waals surface area contributed by atoms with E-state index >= 15 is 0 Å². The first-order chi connectivity index (χ1) is 7.97. The minimum absolute atomic E-state index is 0.498. The van der Waals surface area contributed by atoms with Crippen molar-refractivity contribution in [3.8, 4) is 0 Å². The molecular weight excluding hydrogens is 254 g/mol. The molecule has 0 aliphatic heterocycles. The first-order valence-electron chi connectivity index (χ1n) is 5.37. The molecule has 1 heterocycles. The van der Waals surface area contributed by atoms with Gasteiger partial charge < -0.3 is 5.11 Å². The van der Waals surface area contributed by atoms with Crippen molar-refractivity contribution in [1.82, 2.24) is 4.98 Å². The number of hydrogen-bond acceptors (Lipinski definition) is 3. The molecule has 1 unspecified atom stereocenters. The van der Waals surface area contributed by atoms with E-state index in [4.69, 9.17) is 11.6 Å². The quantitative estimate of drug-likeness (QED) is 0.923. The van der Waals surface area contributed by atoms with Crippen molar-refractivity contribution in [3.63, 3.8) is 0 Å². The van der Waals surface area contributed by atoms with E-state index in [1.165, 1.54) is 0 Å².